The Morgan fingerprint density at radius 3 is 2.32 bits per heavy atom. The topological polar surface area (TPSA) is 116 Å². The van der Waals surface area contributed by atoms with Crippen molar-refractivity contribution in [1.29, 1.82) is 0 Å². The minimum atomic E-state index is -0.837. The van der Waals surface area contributed by atoms with E-state index in [-0.39, 0.29) is 23.2 Å². The summed E-state index contributed by atoms with van der Waals surface area (Å²) in [5.41, 5.74) is 1.75. The number of hydrogen-bond donors (Lipinski definition) is 1. The van der Waals surface area contributed by atoms with Crippen LogP contribution in [0.1, 0.15) is 16.4 Å². The molecule has 1 N–H and O–H groups in total. The number of amides is 3. The SMILES string of the molecule is COc1ccc(N2C(=O)C3Sc4c(sc(=O)n4CC(=O)Nc4cccc5ccccc45)C(c4ccc(OC)c(OC)c4)C3C2=O)cc1. The second kappa shape index (κ2) is 12.3. The van der Waals surface area contributed by atoms with Crippen LogP contribution in [0.25, 0.3) is 10.8 Å². The van der Waals surface area contributed by atoms with Gasteiger partial charge in [0, 0.05) is 21.9 Å². The van der Waals surface area contributed by atoms with Gasteiger partial charge in [0.25, 0.3) is 0 Å². The lowest BCUT2D eigenvalue weighted by Crippen LogP contribution is -2.33. The maximum Gasteiger partial charge on any atom is 0.308 e. The Bertz CT molecular complexity index is 2100. The molecule has 3 amide bonds. The van der Waals surface area contributed by atoms with Crippen LogP contribution in [0.3, 0.4) is 0 Å². The fourth-order valence-corrected chi connectivity index (χ4v) is 9.09. The first-order valence-electron chi connectivity index (χ1n) is 14.7. The van der Waals surface area contributed by atoms with E-state index in [2.05, 4.69) is 5.32 Å². The molecule has 3 atom stereocenters. The molecule has 0 radical (unpaired) electrons. The minimum absolute atomic E-state index is 0.263. The largest absolute Gasteiger partial charge is 0.497 e. The first-order chi connectivity index (χ1) is 22.8. The number of imide groups is 1. The third-order valence-electron chi connectivity index (χ3n) is 8.51. The molecule has 5 aromatic rings. The van der Waals surface area contributed by atoms with Crippen LogP contribution in [0.5, 0.6) is 17.2 Å². The highest BCUT2D eigenvalue weighted by molar-refractivity contribution is 8.00. The number of thioether (sulfide) groups is 1. The highest BCUT2D eigenvalue weighted by Gasteiger charge is 2.57. The van der Waals surface area contributed by atoms with E-state index in [1.54, 1.807) is 43.5 Å². The van der Waals surface area contributed by atoms with Gasteiger partial charge in [-0.05, 0) is 53.4 Å². The van der Waals surface area contributed by atoms with Gasteiger partial charge < -0.3 is 19.5 Å². The van der Waals surface area contributed by atoms with E-state index >= 15 is 0 Å². The summed E-state index contributed by atoms with van der Waals surface area (Å²) in [6.07, 6.45) is 0. The Balaban J connectivity index is 1.30. The van der Waals surface area contributed by atoms with Crippen molar-refractivity contribution in [1.82, 2.24) is 4.57 Å². The van der Waals surface area contributed by atoms with Gasteiger partial charge in [-0.3, -0.25) is 23.7 Å². The van der Waals surface area contributed by atoms with Crippen LogP contribution in [-0.4, -0.2) is 48.9 Å². The average molecular weight is 668 g/mol. The molecular weight excluding hydrogens is 639 g/mol. The Hall–Kier alpha value is -5.07. The van der Waals surface area contributed by atoms with Crippen LogP contribution >= 0.6 is 23.1 Å². The maximum absolute atomic E-state index is 14.2. The highest BCUT2D eigenvalue weighted by Crippen LogP contribution is 2.54. The number of anilines is 2. The van der Waals surface area contributed by atoms with E-state index < -0.39 is 23.0 Å². The quantitative estimate of drug-likeness (QED) is 0.215. The number of hydrogen-bond acceptors (Lipinski definition) is 9. The summed E-state index contributed by atoms with van der Waals surface area (Å²) >= 11 is 2.14. The minimum Gasteiger partial charge on any atom is -0.497 e. The van der Waals surface area contributed by atoms with Gasteiger partial charge in [-0.1, -0.05) is 65.6 Å². The third-order valence-corrected chi connectivity index (χ3v) is 11.1. The second-order valence-corrected chi connectivity index (χ2v) is 13.2. The Labute approximate surface area is 277 Å². The van der Waals surface area contributed by atoms with Crippen LogP contribution in [0.4, 0.5) is 11.4 Å². The molecule has 47 heavy (non-hydrogen) atoms. The van der Waals surface area contributed by atoms with E-state index in [1.165, 1.54) is 23.7 Å². The van der Waals surface area contributed by atoms with Gasteiger partial charge in [0.05, 0.1) is 38.0 Å². The summed E-state index contributed by atoms with van der Waals surface area (Å²) in [6, 6.07) is 25.4. The number of thiazole rings is 1. The van der Waals surface area contributed by atoms with Crippen LogP contribution in [0, 0.1) is 5.92 Å². The summed E-state index contributed by atoms with van der Waals surface area (Å²) in [5, 5.41) is 4.46. The van der Waals surface area contributed by atoms with Gasteiger partial charge in [-0.25, -0.2) is 4.90 Å². The van der Waals surface area contributed by atoms with Crippen molar-refractivity contribution < 1.29 is 28.6 Å². The fraction of sp³-hybridized carbons (Fsp3) is 0.200. The lowest BCUT2D eigenvalue weighted by atomic mass is 9.83. The molecule has 4 aromatic carbocycles. The summed E-state index contributed by atoms with van der Waals surface area (Å²) < 4.78 is 17.7. The normalized spacial score (nSPS) is 18.5. The first kappa shape index (κ1) is 30.6. The van der Waals surface area contributed by atoms with Gasteiger partial charge in [0.2, 0.25) is 17.7 Å². The van der Waals surface area contributed by atoms with Crippen molar-refractivity contribution in [2.24, 2.45) is 5.92 Å². The molecule has 0 spiro atoms. The molecular formula is C35H29N3O7S2. The molecule has 0 saturated carbocycles. The zero-order valence-electron chi connectivity index (χ0n) is 25.6. The number of aromatic nitrogens is 1. The zero-order valence-corrected chi connectivity index (χ0v) is 27.2. The summed E-state index contributed by atoms with van der Waals surface area (Å²) in [5.74, 6) is -1.07. The molecule has 0 aliphatic carbocycles. The Kier molecular flexibility index (Phi) is 7.98. The Morgan fingerprint density at radius 1 is 0.830 bits per heavy atom. The third kappa shape index (κ3) is 5.23. The second-order valence-electron chi connectivity index (χ2n) is 11.1. The van der Waals surface area contributed by atoms with Crippen molar-refractivity contribution >= 4 is 63.0 Å². The number of benzene rings is 4. The average Bonchev–Trinajstić information content (AvgIpc) is 3.54. The number of carbonyl (C=O) groups excluding carboxylic acids is 3. The number of fused-ring (bicyclic) bond motifs is 3. The number of ether oxygens (including phenoxy) is 3. The lowest BCUT2D eigenvalue weighted by Gasteiger charge is -2.31. The molecule has 12 heteroatoms. The van der Waals surface area contributed by atoms with Gasteiger partial charge in [0.15, 0.2) is 11.5 Å². The summed E-state index contributed by atoms with van der Waals surface area (Å²) in [6.45, 7) is -0.263. The number of carbonyl (C=O) groups is 3. The van der Waals surface area contributed by atoms with Gasteiger partial charge in [0.1, 0.15) is 17.5 Å². The number of rotatable bonds is 8. The van der Waals surface area contributed by atoms with E-state index in [9.17, 15) is 19.2 Å². The smallest absolute Gasteiger partial charge is 0.308 e. The molecule has 10 nitrogen and oxygen atoms in total. The molecule has 1 fully saturated rings. The predicted molar refractivity (Wildman–Crippen MR) is 181 cm³/mol. The van der Waals surface area contributed by atoms with E-state index in [1.807, 2.05) is 48.5 Å². The molecule has 2 aliphatic heterocycles. The van der Waals surface area contributed by atoms with Crippen LogP contribution in [0.15, 0.2) is 94.7 Å². The molecule has 3 heterocycles. The number of nitrogens with zero attached hydrogens (tertiary/aromatic N) is 2. The fourth-order valence-electron chi connectivity index (χ4n) is 6.31. The predicted octanol–water partition coefficient (Wildman–Crippen LogP) is 5.52. The summed E-state index contributed by atoms with van der Waals surface area (Å²) in [7, 11) is 4.59. The highest BCUT2D eigenvalue weighted by atomic mass is 32.2. The molecule has 7 rings (SSSR count). The molecule has 1 aromatic heterocycles. The van der Waals surface area contributed by atoms with Crippen molar-refractivity contribution in [2.45, 2.75) is 22.7 Å². The molecule has 3 unspecified atom stereocenters. The van der Waals surface area contributed by atoms with Crippen molar-refractivity contribution in [2.75, 3.05) is 31.5 Å². The summed E-state index contributed by atoms with van der Waals surface area (Å²) in [4.78, 5) is 56.8. The van der Waals surface area contributed by atoms with Crippen molar-refractivity contribution in [3.8, 4) is 17.2 Å². The van der Waals surface area contributed by atoms with Crippen molar-refractivity contribution in [3.63, 3.8) is 0 Å². The molecule has 1 saturated heterocycles. The first-order valence-corrected chi connectivity index (χ1v) is 16.4. The maximum atomic E-state index is 14.2. The molecule has 0 bridgehead atoms. The molecule has 238 valence electrons. The molecule has 2 aliphatic rings. The standard InChI is InChI=1S/C35H29N3O7S2/c1-43-22-14-12-21(13-15-22)38-32(40)29-28(20-11-16-25(44-2)26(17-20)45-3)31-34(46-30(29)33(38)41)37(35(42)47-31)18-27(39)36-24-10-6-8-19-7-4-5-9-23(19)24/h4-17,28-30H,18H2,1-3H3,(H,36,39). The van der Waals surface area contributed by atoms with Crippen LogP contribution < -0.4 is 29.3 Å². The van der Waals surface area contributed by atoms with E-state index in [0.29, 0.717) is 44.1 Å². The van der Waals surface area contributed by atoms with Gasteiger partial charge in [-0.2, -0.15) is 0 Å². The number of methoxy groups -OCH3 is 3. The van der Waals surface area contributed by atoms with Gasteiger partial charge in [-0.15, -0.1) is 0 Å². The Morgan fingerprint density at radius 2 is 1.57 bits per heavy atom. The van der Waals surface area contributed by atoms with E-state index in [4.69, 9.17) is 14.2 Å². The number of nitrogens with one attached hydrogen (secondary N) is 1. The lowest BCUT2D eigenvalue weighted by molar-refractivity contribution is -0.122. The van der Waals surface area contributed by atoms with Crippen LogP contribution in [-0.2, 0) is 20.9 Å². The van der Waals surface area contributed by atoms with Crippen molar-refractivity contribution in [3.05, 3.63) is 105 Å². The zero-order chi connectivity index (χ0) is 32.8. The monoisotopic (exact) mass is 667 g/mol. The van der Waals surface area contributed by atoms with Crippen LogP contribution in [0.2, 0.25) is 0 Å². The van der Waals surface area contributed by atoms with E-state index in [0.717, 1.165) is 33.9 Å². The van der Waals surface area contributed by atoms with Gasteiger partial charge >= 0.3 is 4.87 Å².